The molecule has 0 saturated carbocycles. The van der Waals surface area contributed by atoms with E-state index in [1.54, 1.807) is 18.2 Å². The van der Waals surface area contributed by atoms with Crippen LogP contribution >= 0.6 is 0 Å². The highest BCUT2D eigenvalue weighted by atomic mass is 16.5. The lowest BCUT2D eigenvalue weighted by Gasteiger charge is -2.25. The molecule has 5 rings (SSSR count). The van der Waals surface area contributed by atoms with Crippen molar-refractivity contribution in [1.29, 1.82) is 0 Å². The smallest absolute Gasteiger partial charge is 0.418 e. The second kappa shape index (κ2) is 7.46. The lowest BCUT2D eigenvalue weighted by atomic mass is 10.0. The summed E-state index contributed by atoms with van der Waals surface area (Å²) in [4.78, 5) is 24.1. The Morgan fingerprint density at radius 1 is 1.10 bits per heavy atom. The van der Waals surface area contributed by atoms with Crippen LogP contribution in [-0.4, -0.2) is 40.1 Å². The van der Waals surface area contributed by atoms with Gasteiger partial charge in [0.25, 0.3) is 0 Å². The highest BCUT2D eigenvalue weighted by Gasteiger charge is 2.29. The van der Waals surface area contributed by atoms with Crippen molar-refractivity contribution in [2.75, 3.05) is 18.1 Å². The van der Waals surface area contributed by atoms with E-state index < -0.39 is 12.0 Å². The van der Waals surface area contributed by atoms with Crippen LogP contribution in [0.1, 0.15) is 30.9 Å². The van der Waals surface area contributed by atoms with Crippen LogP contribution in [0.4, 0.5) is 10.5 Å². The number of amides is 2. The van der Waals surface area contributed by atoms with Crippen LogP contribution in [0, 0.1) is 0 Å². The first-order valence-electron chi connectivity index (χ1n) is 10.0. The number of ether oxygens (including phenoxy) is 2. The number of fused-ring (bicyclic) bond motifs is 2. The summed E-state index contributed by atoms with van der Waals surface area (Å²) in [6.45, 7) is 1.52. The second-order valence-corrected chi connectivity index (χ2v) is 7.56. The zero-order valence-corrected chi connectivity index (χ0v) is 16.3. The van der Waals surface area contributed by atoms with Crippen LogP contribution in [0.5, 0.6) is 11.5 Å². The zero-order valence-electron chi connectivity index (χ0n) is 16.3. The van der Waals surface area contributed by atoms with E-state index >= 15 is 0 Å². The van der Waals surface area contributed by atoms with Crippen molar-refractivity contribution in [3.05, 3.63) is 48.2 Å². The second-order valence-electron chi connectivity index (χ2n) is 7.56. The van der Waals surface area contributed by atoms with Crippen LogP contribution in [-0.2, 0) is 16.0 Å². The number of hydrogen-bond acceptors (Lipinski definition) is 5. The van der Waals surface area contributed by atoms with Crippen molar-refractivity contribution in [2.45, 2.75) is 31.7 Å². The fourth-order valence-corrected chi connectivity index (χ4v) is 4.19. The van der Waals surface area contributed by atoms with Crippen molar-refractivity contribution in [3.63, 3.8) is 0 Å². The minimum absolute atomic E-state index is 0.167. The van der Waals surface area contributed by atoms with Gasteiger partial charge in [0.1, 0.15) is 11.5 Å². The van der Waals surface area contributed by atoms with Crippen LogP contribution < -0.4 is 9.64 Å². The van der Waals surface area contributed by atoms with Gasteiger partial charge in [-0.15, -0.1) is 0 Å². The summed E-state index contributed by atoms with van der Waals surface area (Å²) in [6, 6.07) is 11.3. The molecule has 0 spiro atoms. The number of benzene rings is 2. The van der Waals surface area contributed by atoms with E-state index in [1.807, 2.05) is 24.4 Å². The molecule has 0 radical (unpaired) electrons. The predicted octanol–water partition coefficient (Wildman–Crippen LogP) is 4.14. The molecule has 2 aliphatic rings. The van der Waals surface area contributed by atoms with Crippen molar-refractivity contribution >= 4 is 28.6 Å². The molecular formula is C22H21N3O5. The minimum atomic E-state index is -1.26. The van der Waals surface area contributed by atoms with Gasteiger partial charge in [0.15, 0.2) is 0 Å². The maximum Gasteiger partial charge on any atom is 0.418 e. The van der Waals surface area contributed by atoms with Gasteiger partial charge >= 0.3 is 6.09 Å². The molecule has 0 bridgehead atoms. The average molecular weight is 407 g/mol. The lowest BCUT2D eigenvalue weighted by molar-refractivity contribution is -0.118. The molecule has 0 aliphatic carbocycles. The number of aryl methyl sites for hydroxylation is 1. The molecule has 1 aromatic heterocycles. The van der Waals surface area contributed by atoms with Crippen LogP contribution in [0.25, 0.3) is 10.9 Å². The third kappa shape index (κ3) is 3.29. The van der Waals surface area contributed by atoms with Gasteiger partial charge < -0.3 is 14.6 Å². The fourth-order valence-electron chi connectivity index (χ4n) is 4.19. The summed E-state index contributed by atoms with van der Waals surface area (Å²) in [6.07, 6.45) is 3.16. The van der Waals surface area contributed by atoms with E-state index in [-0.39, 0.29) is 6.42 Å². The normalized spacial score (nSPS) is 17.2. The standard InChI is InChI=1S/C22H21N3O5/c26-21-6-1-14-11-17(2-4-19(14)24(21)22(27)28)30-18-3-5-20-15(12-18)13-23-25(20)16-7-9-29-10-8-16/h2-5,11-13,16H,1,6-10H2,(H,27,28). The first-order chi connectivity index (χ1) is 14.6. The Labute approximate surface area is 172 Å². The number of hydrogen-bond donors (Lipinski definition) is 1. The van der Waals surface area contributed by atoms with Gasteiger partial charge in [0.2, 0.25) is 5.91 Å². The summed E-state index contributed by atoms with van der Waals surface area (Å²) in [5, 5.41) is 14.9. The highest BCUT2D eigenvalue weighted by molar-refractivity contribution is 6.13. The molecule has 30 heavy (non-hydrogen) atoms. The third-order valence-electron chi connectivity index (χ3n) is 5.68. The van der Waals surface area contributed by atoms with E-state index in [0.717, 1.165) is 47.4 Å². The number of anilines is 1. The molecule has 0 atom stereocenters. The molecule has 8 nitrogen and oxygen atoms in total. The van der Waals surface area contributed by atoms with Crippen molar-refractivity contribution in [3.8, 4) is 11.5 Å². The molecule has 1 fully saturated rings. The minimum Gasteiger partial charge on any atom is -0.464 e. The summed E-state index contributed by atoms with van der Waals surface area (Å²) in [5.41, 5.74) is 2.25. The summed E-state index contributed by atoms with van der Waals surface area (Å²) in [7, 11) is 0. The molecule has 0 unspecified atom stereocenters. The van der Waals surface area contributed by atoms with Crippen molar-refractivity contribution in [2.24, 2.45) is 0 Å². The zero-order chi connectivity index (χ0) is 20.7. The van der Waals surface area contributed by atoms with Gasteiger partial charge in [0, 0.05) is 25.0 Å². The lowest BCUT2D eigenvalue weighted by Crippen LogP contribution is -2.39. The fraction of sp³-hybridized carbons (Fsp3) is 0.318. The maximum absolute atomic E-state index is 11.9. The number of aromatic nitrogens is 2. The van der Waals surface area contributed by atoms with Crippen molar-refractivity contribution in [1.82, 2.24) is 9.78 Å². The Morgan fingerprint density at radius 2 is 1.87 bits per heavy atom. The molecule has 1 N–H and O–H groups in total. The van der Waals surface area contributed by atoms with E-state index in [0.29, 0.717) is 29.6 Å². The molecule has 8 heteroatoms. The van der Waals surface area contributed by atoms with Gasteiger partial charge in [0.05, 0.1) is 23.4 Å². The number of rotatable bonds is 3. The Hall–Kier alpha value is -3.39. The quantitative estimate of drug-likeness (QED) is 0.701. The van der Waals surface area contributed by atoms with Gasteiger partial charge in [-0.25, -0.2) is 9.69 Å². The predicted molar refractivity (Wildman–Crippen MR) is 109 cm³/mol. The van der Waals surface area contributed by atoms with E-state index in [4.69, 9.17) is 9.47 Å². The molecule has 3 aromatic rings. The van der Waals surface area contributed by atoms with Gasteiger partial charge in [-0.2, -0.15) is 5.10 Å². The topological polar surface area (TPSA) is 93.9 Å². The monoisotopic (exact) mass is 407 g/mol. The Bertz CT molecular complexity index is 1130. The number of imide groups is 1. The van der Waals surface area contributed by atoms with Gasteiger partial charge in [-0.05, 0) is 61.2 Å². The van der Waals surface area contributed by atoms with E-state index in [9.17, 15) is 14.7 Å². The molecule has 2 aromatic carbocycles. The van der Waals surface area contributed by atoms with Crippen LogP contribution in [0.15, 0.2) is 42.6 Å². The highest BCUT2D eigenvalue weighted by Crippen LogP contribution is 2.34. The molecule has 3 heterocycles. The number of carbonyl (C=O) groups excluding carboxylic acids is 1. The largest absolute Gasteiger partial charge is 0.464 e. The van der Waals surface area contributed by atoms with E-state index in [2.05, 4.69) is 9.78 Å². The van der Waals surface area contributed by atoms with Gasteiger partial charge in [-0.3, -0.25) is 9.48 Å². The molecule has 2 amide bonds. The molecule has 154 valence electrons. The first-order valence-corrected chi connectivity index (χ1v) is 10.0. The number of nitrogens with zero attached hydrogens (tertiary/aromatic N) is 3. The maximum atomic E-state index is 11.9. The average Bonchev–Trinajstić information content (AvgIpc) is 3.17. The number of carboxylic acid groups (broad SMARTS) is 1. The van der Waals surface area contributed by atoms with Gasteiger partial charge in [-0.1, -0.05) is 0 Å². The van der Waals surface area contributed by atoms with E-state index in [1.165, 1.54) is 0 Å². The SMILES string of the molecule is O=C(O)N1C(=O)CCc2cc(Oc3ccc4c(cnn4C4CCOCC4)c3)ccc21. The summed E-state index contributed by atoms with van der Waals surface area (Å²) >= 11 is 0. The number of carbonyl (C=O) groups is 2. The third-order valence-corrected chi connectivity index (χ3v) is 5.68. The Kier molecular flexibility index (Phi) is 4.63. The first kappa shape index (κ1) is 18.6. The summed E-state index contributed by atoms with van der Waals surface area (Å²) in [5.74, 6) is 0.872. The Morgan fingerprint density at radius 3 is 2.67 bits per heavy atom. The van der Waals surface area contributed by atoms with Crippen LogP contribution in [0.3, 0.4) is 0 Å². The van der Waals surface area contributed by atoms with Crippen molar-refractivity contribution < 1.29 is 24.2 Å². The summed E-state index contributed by atoms with van der Waals surface area (Å²) < 4.78 is 13.5. The Balaban J connectivity index is 1.39. The molecule has 2 aliphatic heterocycles. The van der Waals surface area contributed by atoms with Crippen LogP contribution in [0.2, 0.25) is 0 Å². The molecular weight excluding hydrogens is 386 g/mol. The molecule has 1 saturated heterocycles.